The van der Waals surface area contributed by atoms with Gasteiger partial charge in [-0.1, -0.05) is 0 Å². The van der Waals surface area contributed by atoms with E-state index < -0.39 is 0 Å². The van der Waals surface area contributed by atoms with Gasteiger partial charge in [0.1, 0.15) is 0 Å². The maximum absolute atomic E-state index is 6.12. The smallest absolute Gasteiger partial charge is 0.0622 e. The van der Waals surface area contributed by atoms with Crippen LogP contribution < -0.4 is 5.32 Å². The molecule has 0 spiro atoms. The molecule has 3 nitrogen and oxygen atoms in total. The highest BCUT2D eigenvalue weighted by Gasteiger charge is 2.24. The number of hydrogen-bond donors (Lipinski definition) is 1. The summed E-state index contributed by atoms with van der Waals surface area (Å²) in [5, 5.41) is 3.35. The first-order valence-corrected chi connectivity index (χ1v) is 6.29. The van der Waals surface area contributed by atoms with Gasteiger partial charge in [0.25, 0.3) is 0 Å². The molecule has 88 valence electrons. The van der Waals surface area contributed by atoms with Gasteiger partial charge in [-0.25, -0.2) is 0 Å². The van der Waals surface area contributed by atoms with Gasteiger partial charge in [-0.3, -0.25) is 0 Å². The molecule has 0 amide bonds. The van der Waals surface area contributed by atoms with E-state index in [1.807, 2.05) is 0 Å². The van der Waals surface area contributed by atoms with Gasteiger partial charge in [0, 0.05) is 19.3 Å². The minimum Gasteiger partial charge on any atom is -0.381 e. The summed E-state index contributed by atoms with van der Waals surface area (Å²) in [5.41, 5.74) is 0. The molecule has 2 aliphatic rings. The van der Waals surface area contributed by atoms with Crippen LogP contribution in [0.25, 0.3) is 0 Å². The molecule has 0 aromatic rings. The third-order valence-electron chi connectivity index (χ3n) is 3.64. The second-order valence-electron chi connectivity index (χ2n) is 4.71. The summed E-state index contributed by atoms with van der Waals surface area (Å²) in [7, 11) is 2.06. The van der Waals surface area contributed by atoms with E-state index in [2.05, 4.69) is 12.4 Å². The molecule has 0 aromatic carbocycles. The highest BCUT2D eigenvalue weighted by atomic mass is 16.5. The lowest BCUT2D eigenvalue weighted by Gasteiger charge is -2.32. The molecular formula is C12H23NO2. The largest absolute Gasteiger partial charge is 0.381 e. The fraction of sp³-hybridized carbons (Fsp3) is 1.00. The summed E-state index contributed by atoms with van der Waals surface area (Å²) in [4.78, 5) is 0. The van der Waals surface area contributed by atoms with Gasteiger partial charge in [-0.15, -0.1) is 0 Å². The SMILES string of the molecule is CNC1CCC(OC2CCOCC2)CC1. The first kappa shape index (κ1) is 11.4. The van der Waals surface area contributed by atoms with Crippen LogP contribution in [0.3, 0.4) is 0 Å². The van der Waals surface area contributed by atoms with Gasteiger partial charge < -0.3 is 14.8 Å². The molecule has 0 bridgehead atoms. The molecule has 1 aliphatic heterocycles. The van der Waals surface area contributed by atoms with E-state index in [1.165, 1.54) is 25.7 Å². The van der Waals surface area contributed by atoms with Crippen molar-refractivity contribution < 1.29 is 9.47 Å². The van der Waals surface area contributed by atoms with Crippen LogP contribution in [-0.4, -0.2) is 38.5 Å². The molecular weight excluding hydrogens is 190 g/mol. The monoisotopic (exact) mass is 213 g/mol. The molecule has 0 aromatic heterocycles. The Morgan fingerprint density at radius 3 is 2.13 bits per heavy atom. The fourth-order valence-electron chi connectivity index (χ4n) is 2.57. The Kier molecular flexibility index (Phi) is 4.42. The summed E-state index contributed by atoms with van der Waals surface area (Å²) in [6.07, 6.45) is 8.14. The molecule has 15 heavy (non-hydrogen) atoms. The molecule has 2 fully saturated rings. The maximum atomic E-state index is 6.12. The maximum Gasteiger partial charge on any atom is 0.0622 e. The van der Waals surface area contributed by atoms with Gasteiger partial charge in [0.2, 0.25) is 0 Å². The zero-order chi connectivity index (χ0) is 10.5. The van der Waals surface area contributed by atoms with Crippen molar-refractivity contribution in [3.63, 3.8) is 0 Å². The van der Waals surface area contributed by atoms with E-state index in [-0.39, 0.29) is 0 Å². The number of rotatable bonds is 3. The Morgan fingerprint density at radius 2 is 1.53 bits per heavy atom. The predicted molar refractivity (Wildman–Crippen MR) is 60.0 cm³/mol. The third-order valence-corrected chi connectivity index (χ3v) is 3.64. The molecule has 1 heterocycles. The van der Waals surface area contributed by atoms with Gasteiger partial charge in [0.05, 0.1) is 12.2 Å². The van der Waals surface area contributed by atoms with Crippen LogP contribution in [0.2, 0.25) is 0 Å². The number of hydrogen-bond acceptors (Lipinski definition) is 3. The summed E-state index contributed by atoms with van der Waals surface area (Å²) in [6.45, 7) is 1.77. The Labute approximate surface area is 92.5 Å². The standard InChI is InChI=1S/C12H23NO2/c1-13-10-2-4-11(5-3-10)15-12-6-8-14-9-7-12/h10-13H,2-9H2,1H3. The van der Waals surface area contributed by atoms with Crippen molar-refractivity contribution in [3.05, 3.63) is 0 Å². The molecule has 1 N–H and O–H groups in total. The van der Waals surface area contributed by atoms with E-state index in [9.17, 15) is 0 Å². The highest BCUT2D eigenvalue weighted by Crippen LogP contribution is 2.24. The normalized spacial score (nSPS) is 34.2. The van der Waals surface area contributed by atoms with Crippen molar-refractivity contribution in [3.8, 4) is 0 Å². The highest BCUT2D eigenvalue weighted by molar-refractivity contribution is 4.77. The van der Waals surface area contributed by atoms with Gasteiger partial charge in [-0.05, 0) is 45.6 Å². The second kappa shape index (κ2) is 5.83. The molecule has 0 radical (unpaired) electrons. The Morgan fingerprint density at radius 1 is 0.933 bits per heavy atom. The minimum absolute atomic E-state index is 0.467. The number of ether oxygens (including phenoxy) is 2. The topological polar surface area (TPSA) is 30.5 Å². The van der Waals surface area contributed by atoms with Crippen molar-refractivity contribution >= 4 is 0 Å². The quantitative estimate of drug-likeness (QED) is 0.774. The molecule has 2 rings (SSSR count). The molecule has 1 saturated carbocycles. The minimum atomic E-state index is 0.467. The molecule has 1 saturated heterocycles. The van der Waals surface area contributed by atoms with Crippen molar-refractivity contribution in [1.29, 1.82) is 0 Å². The van der Waals surface area contributed by atoms with Gasteiger partial charge >= 0.3 is 0 Å². The third kappa shape index (κ3) is 3.44. The van der Waals surface area contributed by atoms with Crippen LogP contribution in [0.5, 0.6) is 0 Å². The van der Waals surface area contributed by atoms with Crippen molar-refractivity contribution in [1.82, 2.24) is 5.32 Å². The second-order valence-corrected chi connectivity index (χ2v) is 4.71. The van der Waals surface area contributed by atoms with Crippen LogP contribution in [0.4, 0.5) is 0 Å². The van der Waals surface area contributed by atoms with Crippen molar-refractivity contribution in [2.45, 2.75) is 56.8 Å². The summed E-state index contributed by atoms with van der Waals surface area (Å²) in [6, 6.07) is 0.722. The summed E-state index contributed by atoms with van der Waals surface area (Å²) in [5.74, 6) is 0. The molecule has 1 aliphatic carbocycles. The lowest BCUT2D eigenvalue weighted by molar-refractivity contribution is -0.0798. The first-order chi connectivity index (χ1) is 7.38. The van der Waals surface area contributed by atoms with Crippen LogP contribution in [0.15, 0.2) is 0 Å². The zero-order valence-corrected chi connectivity index (χ0v) is 9.71. The summed E-state index contributed by atoms with van der Waals surface area (Å²) >= 11 is 0. The van der Waals surface area contributed by atoms with Crippen molar-refractivity contribution in [2.24, 2.45) is 0 Å². The number of nitrogens with one attached hydrogen (secondary N) is 1. The lowest BCUT2D eigenvalue weighted by atomic mass is 9.93. The first-order valence-electron chi connectivity index (χ1n) is 6.29. The zero-order valence-electron chi connectivity index (χ0n) is 9.71. The lowest BCUT2D eigenvalue weighted by Crippen LogP contribution is -2.35. The van der Waals surface area contributed by atoms with E-state index in [4.69, 9.17) is 9.47 Å². The van der Waals surface area contributed by atoms with Gasteiger partial charge in [0.15, 0.2) is 0 Å². The van der Waals surface area contributed by atoms with Crippen LogP contribution in [-0.2, 0) is 9.47 Å². The van der Waals surface area contributed by atoms with Crippen LogP contribution in [0.1, 0.15) is 38.5 Å². The Hall–Kier alpha value is -0.120. The fourth-order valence-corrected chi connectivity index (χ4v) is 2.57. The molecule has 0 atom stereocenters. The van der Waals surface area contributed by atoms with E-state index in [0.29, 0.717) is 12.2 Å². The Balaban J connectivity index is 1.67. The average Bonchev–Trinajstić information content (AvgIpc) is 2.31. The average molecular weight is 213 g/mol. The van der Waals surface area contributed by atoms with Crippen LogP contribution >= 0.6 is 0 Å². The van der Waals surface area contributed by atoms with Crippen molar-refractivity contribution in [2.75, 3.05) is 20.3 Å². The van der Waals surface area contributed by atoms with E-state index in [0.717, 1.165) is 32.1 Å². The predicted octanol–water partition coefficient (Wildman–Crippen LogP) is 1.71. The Bertz CT molecular complexity index is 172. The summed E-state index contributed by atoms with van der Waals surface area (Å²) < 4.78 is 11.5. The van der Waals surface area contributed by atoms with Gasteiger partial charge in [-0.2, -0.15) is 0 Å². The molecule has 0 unspecified atom stereocenters. The molecule has 3 heteroatoms. The van der Waals surface area contributed by atoms with E-state index in [1.54, 1.807) is 0 Å². The van der Waals surface area contributed by atoms with Crippen LogP contribution in [0, 0.1) is 0 Å². The van der Waals surface area contributed by atoms with E-state index >= 15 is 0 Å².